The van der Waals surface area contributed by atoms with Crippen LogP contribution < -0.4 is 0 Å². The van der Waals surface area contributed by atoms with E-state index in [1.54, 1.807) is 0 Å². The van der Waals surface area contributed by atoms with Gasteiger partial charge in [-0.3, -0.25) is 0 Å². The zero-order valence-electron chi connectivity index (χ0n) is 16.5. The first-order valence-electron chi connectivity index (χ1n) is 10.4. The topological polar surface area (TPSA) is 25.8 Å². The number of rotatable bonds is 3. The fourth-order valence-electron chi connectivity index (χ4n) is 4.64. The summed E-state index contributed by atoms with van der Waals surface area (Å²) in [6.45, 7) is 0. The Labute approximate surface area is 174 Å². The molecule has 2 aromatic heterocycles. The molecule has 0 saturated carbocycles. The molecule has 0 atom stereocenters. The molecule has 0 aliphatic heterocycles. The molecular weight excluding hydrogens is 364 g/mol. The molecule has 0 aliphatic carbocycles. The number of aromatic nitrogens is 2. The minimum Gasteiger partial charge on any atom is -0.248 e. The summed E-state index contributed by atoms with van der Waals surface area (Å²) >= 11 is 0. The summed E-state index contributed by atoms with van der Waals surface area (Å²) in [5, 5.41) is 5.00. The van der Waals surface area contributed by atoms with Gasteiger partial charge in [-0.25, -0.2) is 9.97 Å². The highest BCUT2D eigenvalue weighted by Crippen LogP contribution is 2.31. The lowest BCUT2D eigenvalue weighted by atomic mass is 9.93. The van der Waals surface area contributed by atoms with Crippen molar-refractivity contribution in [2.24, 2.45) is 0 Å². The van der Waals surface area contributed by atoms with Gasteiger partial charge in [0.05, 0.1) is 22.1 Å². The van der Waals surface area contributed by atoms with E-state index in [1.807, 2.05) is 0 Å². The molecule has 0 N–H and O–H groups in total. The van der Waals surface area contributed by atoms with E-state index < -0.39 is 0 Å². The first kappa shape index (κ1) is 17.1. The highest BCUT2D eigenvalue weighted by molar-refractivity contribution is 5.99. The predicted molar refractivity (Wildman–Crippen MR) is 126 cm³/mol. The highest BCUT2D eigenvalue weighted by Gasteiger charge is 2.12. The molecule has 2 heterocycles. The normalized spacial score (nSPS) is 11.6. The van der Waals surface area contributed by atoms with Crippen molar-refractivity contribution < 1.29 is 0 Å². The van der Waals surface area contributed by atoms with Crippen molar-refractivity contribution in [3.05, 3.63) is 108 Å². The third-order valence-electron chi connectivity index (χ3n) is 6.02. The van der Waals surface area contributed by atoms with Crippen LogP contribution in [-0.2, 0) is 12.8 Å². The summed E-state index contributed by atoms with van der Waals surface area (Å²) in [5.74, 6) is 0. The Morgan fingerprint density at radius 1 is 0.367 bits per heavy atom. The Morgan fingerprint density at radius 2 is 0.633 bits per heavy atom. The molecule has 2 nitrogen and oxygen atoms in total. The Kier molecular flexibility index (Phi) is 3.95. The van der Waals surface area contributed by atoms with Gasteiger partial charge in [0, 0.05) is 21.5 Å². The number of nitrogens with zero attached hydrogens (tertiary/aromatic N) is 2. The smallest absolute Gasteiger partial charge is 0.0712 e. The highest BCUT2D eigenvalue weighted by atomic mass is 14.7. The number of fused-ring (bicyclic) bond motifs is 4. The van der Waals surface area contributed by atoms with E-state index in [9.17, 15) is 0 Å². The second kappa shape index (κ2) is 6.93. The van der Waals surface area contributed by atoms with Crippen molar-refractivity contribution in [3.63, 3.8) is 0 Å². The van der Waals surface area contributed by atoms with Gasteiger partial charge in [-0.05, 0) is 48.2 Å². The van der Waals surface area contributed by atoms with Crippen LogP contribution in [0.15, 0.2) is 97.1 Å². The lowest BCUT2D eigenvalue weighted by molar-refractivity contribution is 0.993. The van der Waals surface area contributed by atoms with Crippen LogP contribution in [0.25, 0.3) is 43.6 Å². The summed E-state index contributed by atoms with van der Waals surface area (Å²) < 4.78 is 0. The molecule has 2 heteroatoms. The van der Waals surface area contributed by atoms with Gasteiger partial charge < -0.3 is 0 Å². The van der Waals surface area contributed by atoms with Crippen LogP contribution in [0.3, 0.4) is 0 Å². The maximum absolute atomic E-state index is 4.88. The number of hydrogen-bond acceptors (Lipinski definition) is 2. The van der Waals surface area contributed by atoms with Gasteiger partial charge in [-0.15, -0.1) is 0 Å². The first-order chi connectivity index (χ1) is 14.9. The van der Waals surface area contributed by atoms with E-state index in [1.165, 1.54) is 32.7 Å². The second-order valence-electron chi connectivity index (χ2n) is 7.75. The minimum atomic E-state index is 0.960. The molecule has 142 valence electrons. The molecule has 0 amide bonds. The SMILES string of the molecule is c1ccc2c(CCc3c4ccccc4nc4ccccc34)c3ccccc3nc2c1. The van der Waals surface area contributed by atoms with Crippen molar-refractivity contribution in [2.75, 3.05) is 0 Å². The summed E-state index contributed by atoms with van der Waals surface area (Å²) in [5.41, 5.74) is 7.01. The molecule has 0 bridgehead atoms. The fourth-order valence-corrected chi connectivity index (χ4v) is 4.64. The van der Waals surface area contributed by atoms with Crippen LogP contribution in [0, 0.1) is 0 Å². The van der Waals surface area contributed by atoms with Crippen molar-refractivity contribution in [1.82, 2.24) is 9.97 Å². The van der Waals surface area contributed by atoms with Gasteiger partial charge in [-0.1, -0.05) is 72.8 Å². The van der Waals surface area contributed by atoms with Crippen LogP contribution in [-0.4, -0.2) is 9.97 Å². The van der Waals surface area contributed by atoms with Crippen molar-refractivity contribution in [2.45, 2.75) is 12.8 Å². The van der Waals surface area contributed by atoms with Crippen LogP contribution in [0.4, 0.5) is 0 Å². The third-order valence-corrected chi connectivity index (χ3v) is 6.02. The largest absolute Gasteiger partial charge is 0.248 e. The molecule has 0 unspecified atom stereocenters. The van der Waals surface area contributed by atoms with Gasteiger partial charge >= 0.3 is 0 Å². The lowest BCUT2D eigenvalue weighted by Gasteiger charge is -2.14. The molecule has 0 spiro atoms. The van der Waals surface area contributed by atoms with E-state index in [-0.39, 0.29) is 0 Å². The van der Waals surface area contributed by atoms with Gasteiger partial charge in [0.15, 0.2) is 0 Å². The first-order valence-corrected chi connectivity index (χ1v) is 10.4. The Morgan fingerprint density at radius 3 is 0.933 bits per heavy atom. The van der Waals surface area contributed by atoms with Gasteiger partial charge in [0.1, 0.15) is 0 Å². The summed E-state index contributed by atoms with van der Waals surface area (Å²) in [6, 6.07) is 34.0. The molecule has 0 radical (unpaired) electrons. The third kappa shape index (κ3) is 2.73. The maximum Gasteiger partial charge on any atom is 0.0712 e. The molecule has 0 saturated heterocycles. The molecule has 6 rings (SSSR count). The van der Waals surface area contributed by atoms with Crippen LogP contribution >= 0.6 is 0 Å². The Balaban J connectivity index is 1.56. The Hall–Kier alpha value is -3.78. The summed E-state index contributed by atoms with van der Waals surface area (Å²) in [7, 11) is 0. The van der Waals surface area contributed by atoms with Gasteiger partial charge in [0.2, 0.25) is 0 Å². The number of pyridine rings is 2. The maximum atomic E-state index is 4.88. The molecule has 0 aliphatic rings. The molecule has 6 aromatic rings. The van der Waals surface area contributed by atoms with E-state index in [4.69, 9.17) is 9.97 Å². The zero-order chi connectivity index (χ0) is 19.9. The average Bonchev–Trinajstić information content (AvgIpc) is 2.81. The van der Waals surface area contributed by atoms with Crippen molar-refractivity contribution >= 4 is 43.6 Å². The minimum absolute atomic E-state index is 0.960. The van der Waals surface area contributed by atoms with Crippen LogP contribution in [0.5, 0.6) is 0 Å². The lowest BCUT2D eigenvalue weighted by Crippen LogP contribution is -1.99. The number of hydrogen-bond donors (Lipinski definition) is 0. The van der Waals surface area contributed by atoms with E-state index in [0.717, 1.165) is 34.9 Å². The predicted octanol–water partition coefficient (Wildman–Crippen LogP) is 6.87. The molecule has 4 aromatic carbocycles. The van der Waals surface area contributed by atoms with Crippen molar-refractivity contribution in [3.8, 4) is 0 Å². The summed E-state index contributed by atoms with van der Waals surface area (Å²) in [4.78, 5) is 9.77. The number of benzene rings is 4. The molecule has 0 fully saturated rings. The number of aryl methyl sites for hydroxylation is 2. The molecular formula is C28H20N2. The standard InChI is InChI=1S/C28H20N2/c1-5-13-25-21(9-1)19(22-10-2-6-14-26(22)29-25)17-18-20-23-11-3-7-15-27(23)30-28-16-8-4-12-24(20)28/h1-16H,17-18H2. The van der Waals surface area contributed by atoms with Gasteiger partial charge in [0.25, 0.3) is 0 Å². The second-order valence-corrected chi connectivity index (χ2v) is 7.75. The Bertz CT molecular complexity index is 1320. The zero-order valence-corrected chi connectivity index (χ0v) is 16.5. The quantitative estimate of drug-likeness (QED) is 0.311. The van der Waals surface area contributed by atoms with E-state index in [2.05, 4.69) is 97.1 Å². The number of para-hydroxylation sites is 4. The molecule has 30 heavy (non-hydrogen) atoms. The van der Waals surface area contributed by atoms with Crippen LogP contribution in [0.2, 0.25) is 0 Å². The van der Waals surface area contributed by atoms with Crippen LogP contribution in [0.1, 0.15) is 11.1 Å². The van der Waals surface area contributed by atoms with Crippen molar-refractivity contribution in [1.29, 1.82) is 0 Å². The monoisotopic (exact) mass is 384 g/mol. The van der Waals surface area contributed by atoms with E-state index >= 15 is 0 Å². The van der Waals surface area contributed by atoms with Gasteiger partial charge in [-0.2, -0.15) is 0 Å². The van der Waals surface area contributed by atoms with E-state index in [0.29, 0.717) is 0 Å². The fraction of sp³-hybridized carbons (Fsp3) is 0.0714. The average molecular weight is 384 g/mol. The summed E-state index contributed by atoms with van der Waals surface area (Å²) in [6.07, 6.45) is 1.92.